The SMILES string of the molecule is CC(CO)C(C)NC(=O)NC1CCN(c2ccc(Cl)c(F)c2)C1. The van der Waals surface area contributed by atoms with Gasteiger partial charge in [0.05, 0.1) is 5.02 Å². The third kappa shape index (κ3) is 4.72. The highest BCUT2D eigenvalue weighted by atomic mass is 35.5. The number of rotatable bonds is 5. The Bertz CT molecular complexity index is 558. The molecule has 1 aliphatic rings. The molecule has 1 aliphatic heterocycles. The van der Waals surface area contributed by atoms with Gasteiger partial charge in [0.15, 0.2) is 0 Å². The number of hydrogen-bond acceptors (Lipinski definition) is 3. The maximum absolute atomic E-state index is 13.5. The fourth-order valence-corrected chi connectivity index (χ4v) is 2.65. The molecule has 1 heterocycles. The molecule has 3 atom stereocenters. The minimum Gasteiger partial charge on any atom is -0.396 e. The molecular weight excluding hydrogens is 321 g/mol. The number of nitrogens with one attached hydrogen (secondary N) is 2. The van der Waals surface area contributed by atoms with Crippen molar-refractivity contribution in [2.24, 2.45) is 5.92 Å². The molecule has 3 N–H and O–H groups in total. The molecule has 0 spiro atoms. The number of urea groups is 1. The molecule has 0 aliphatic carbocycles. The molecule has 1 fully saturated rings. The highest BCUT2D eigenvalue weighted by Crippen LogP contribution is 2.25. The molecule has 1 aromatic carbocycles. The average Bonchev–Trinajstić information content (AvgIpc) is 2.97. The molecule has 1 saturated heterocycles. The Balaban J connectivity index is 1.85. The summed E-state index contributed by atoms with van der Waals surface area (Å²) in [4.78, 5) is 14.0. The van der Waals surface area contributed by atoms with E-state index in [0.29, 0.717) is 6.54 Å². The van der Waals surface area contributed by atoms with Crippen LogP contribution < -0.4 is 15.5 Å². The largest absolute Gasteiger partial charge is 0.396 e. The lowest BCUT2D eigenvalue weighted by molar-refractivity contribution is 0.199. The Kier molecular flexibility index (Phi) is 6.07. The number of nitrogens with zero attached hydrogens (tertiary/aromatic N) is 1. The molecular formula is C16H23ClFN3O2. The molecule has 3 unspecified atom stereocenters. The van der Waals surface area contributed by atoms with Crippen LogP contribution >= 0.6 is 11.6 Å². The van der Waals surface area contributed by atoms with Gasteiger partial charge in [-0.25, -0.2) is 9.18 Å². The number of hydrogen-bond donors (Lipinski definition) is 3. The quantitative estimate of drug-likeness (QED) is 0.769. The maximum atomic E-state index is 13.5. The lowest BCUT2D eigenvalue weighted by atomic mass is 10.1. The molecule has 5 nitrogen and oxygen atoms in total. The second-order valence-corrected chi connectivity index (χ2v) is 6.50. The molecule has 1 aromatic rings. The van der Waals surface area contributed by atoms with Gasteiger partial charge in [0.25, 0.3) is 0 Å². The van der Waals surface area contributed by atoms with Gasteiger partial charge < -0.3 is 20.6 Å². The summed E-state index contributed by atoms with van der Waals surface area (Å²) >= 11 is 5.69. The molecule has 0 bridgehead atoms. The second kappa shape index (κ2) is 7.84. The number of carbonyl (C=O) groups is 1. The van der Waals surface area contributed by atoms with Crippen molar-refractivity contribution in [1.29, 1.82) is 0 Å². The summed E-state index contributed by atoms with van der Waals surface area (Å²) in [6, 6.07) is 4.38. The van der Waals surface area contributed by atoms with E-state index in [2.05, 4.69) is 10.6 Å². The third-order valence-corrected chi connectivity index (χ3v) is 4.60. The Labute approximate surface area is 140 Å². The fourth-order valence-electron chi connectivity index (χ4n) is 2.53. The number of aliphatic hydroxyl groups is 1. The molecule has 0 saturated carbocycles. The lowest BCUT2D eigenvalue weighted by Crippen LogP contribution is -2.48. The summed E-state index contributed by atoms with van der Waals surface area (Å²) in [5.41, 5.74) is 0.763. The fraction of sp³-hybridized carbons (Fsp3) is 0.562. The minimum atomic E-state index is -0.440. The van der Waals surface area contributed by atoms with E-state index in [4.69, 9.17) is 16.7 Å². The first-order valence-electron chi connectivity index (χ1n) is 7.78. The first-order valence-corrected chi connectivity index (χ1v) is 8.16. The van der Waals surface area contributed by atoms with Gasteiger partial charge in [0, 0.05) is 37.5 Å². The zero-order valence-electron chi connectivity index (χ0n) is 13.4. The number of anilines is 1. The molecule has 2 rings (SSSR count). The van der Waals surface area contributed by atoms with E-state index in [1.54, 1.807) is 6.07 Å². The van der Waals surface area contributed by atoms with Crippen molar-refractivity contribution in [2.75, 3.05) is 24.6 Å². The molecule has 7 heteroatoms. The minimum absolute atomic E-state index is 0.00197. The zero-order valence-corrected chi connectivity index (χ0v) is 14.1. The number of carbonyl (C=O) groups excluding carboxylic acids is 1. The van der Waals surface area contributed by atoms with E-state index in [9.17, 15) is 9.18 Å². The van der Waals surface area contributed by atoms with Crippen LogP contribution in [0.5, 0.6) is 0 Å². The molecule has 2 amide bonds. The Morgan fingerprint density at radius 1 is 1.52 bits per heavy atom. The molecule has 0 aromatic heterocycles. The predicted octanol–water partition coefficient (Wildman–Crippen LogP) is 2.37. The van der Waals surface area contributed by atoms with Crippen LogP contribution in [0.15, 0.2) is 18.2 Å². The second-order valence-electron chi connectivity index (χ2n) is 6.10. The van der Waals surface area contributed by atoms with Gasteiger partial charge in [-0.1, -0.05) is 18.5 Å². The van der Waals surface area contributed by atoms with Crippen LogP contribution in [0, 0.1) is 11.7 Å². The molecule has 128 valence electrons. The van der Waals surface area contributed by atoms with Gasteiger partial charge in [-0.15, -0.1) is 0 Å². The van der Waals surface area contributed by atoms with Gasteiger partial charge in [-0.05, 0) is 37.5 Å². The Morgan fingerprint density at radius 2 is 2.26 bits per heavy atom. The predicted molar refractivity (Wildman–Crippen MR) is 89.4 cm³/mol. The van der Waals surface area contributed by atoms with Crippen molar-refractivity contribution in [3.05, 3.63) is 29.0 Å². The van der Waals surface area contributed by atoms with Crippen molar-refractivity contribution in [3.63, 3.8) is 0 Å². The number of amides is 2. The summed E-state index contributed by atoms with van der Waals surface area (Å²) in [5.74, 6) is -0.442. The van der Waals surface area contributed by atoms with E-state index in [1.165, 1.54) is 12.1 Å². The van der Waals surface area contributed by atoms with Crippen molar-refractivity contribution in [1.82, 2.24) is 10.6 Å². The summed E-state index contributed by atoms with van der Waals surface area (Å²) in [7, 11) is 0. The van der Waals surface area contributed by atoms with Crippen molar-refractivity contribution in [3.8, 4) is 0 Å². The van der Waals surface area contributed by atoms with Crippen molar-refractivity contribution >= 4 is 23.3 Å². The highest BCUT2D eigenvalue weighted by molar-refractivity contribution is 6.30. The van der Waals surface area contributed by atoms with Gasteiger partial charge in [-0.3, -0.25) is 0 Å². The normalized spacial score (nSPS) is 20.2. The Hall–Kier alpha value is -1.53. The first-order chi connectivity index (χ1) is 10.9. The van der Waals surface area contributed by atoms with Crippen molar-refractivity contribution in [2.45, 2.75) is 32.4 Å². The third-order valence-electron chi connectivity index (χ3n) is 4.29. The van der Waals surface area contributed by atoms with Crippen LogP contribution in [0.4, 0.5) is 14.9 Å². The smallest absolute Gasteiger partial charge is 0.315 e. The summed E-state index contributed by atoms with van der Waals surface area (Å²) in [6.07, 6.45) is 0.793. The zero-order chi connectivity index (χ0) is 17.0. The summed E-state index contributed by atoms with van der Waals surface area (Å²) in [6.45, 7) is 5.13. The van der Waals surface area contributed by atoms with Crippen LogP contribution in [0.25, 0.3) is 0 Å². The van der Waals surface area contributed by atoms with Crippen LogP contribution in [0.2, 0.25) is 5.02 Å². The topological polar surface area (TPSA) is 64.6 Å². The van der Waals surface area contributed by atoms with Gasteiger partial charge in [-0.2, -0.15) is 0 Å². The van der Waals surface area contributed by atoms with Gasteiger partial charge in [0.2, 0.25) is 0 Å². The van der Waals surface area contributed by atoms with Crippen molar-refractivity contribution < 1.29 is 14.3 Å². The average molecular weight is 344 g/mol. The van der Waals surface area contributed by atoms with Crippen LogP contribution in [0.3, 0.4) is 0 Å². The number of halogens is 2. The number of aliphatic hydroxyl groups excluding tert-OH is 1. The standard InChI is InChI=1S/C16H23ClFN3O2/c1-10(9-22)11(2)19-16(23)20-12-5-6-21(8-12)13-3-4-14(17)15(18)7-13/h3-4,7,10-12,22H,5-6,8-9H2,1-2H3,(H2,19,20,23). The monoisotopic (exact) mass is 343 g/mol. The van der Waals surface area contributed by atoms with E-state index < -0.39 is 5.82 Å². The molecule has 23 heavy (non-hydrogen) atoms. The van der Waals surface area contributed by atoms with E-state index >= 15 is 0 Å². The van der Waals surface area contributed by atoms with Gasteiger partial charge >= 0.3 is 6.03 Å². The molecule has 0 radical (unpaired) electrons. The number of benzene rings is 1. The lowest BCUT2D eigenvalue weighted by Gasteiger charge is -2.22. The first kappa shape index (κ1) is 17.8. The van der Waals surface area contributed by atoms with Crippen LogP contribution in [0.1, 0.15) is 20.3 Å². The Morgan fingerprint density at radius 3 is 2.91 bits per heavy atom. The van der Waals surface area contributed by atoms with Crippen LogP contribution in [-0.2, 0) is 0 Å². The summed E-state index contributed by atoms with van der Waals surface area (Å²) in [5, 5.41) is 14.9. The van der Waals surface area contributed by atoms with E-state index in [0.717, 1.165) is 18.7 Å². The highest BCUT2D eigenvalue weighted by Gasteiger charge is 2.25. The maximum Gasteiger partial charge on any atom is 0.315 e. The van der Waals surface area contributed by atoms with Gasteiger partial charge in [0.1, 0.15) is 5.82 Å². The van der Waals surface area contributed by atoms with Crippen LogP contribution in [-0.4, -0.2) is 42.9 Å². The van der Waals surface area contributed by atoms with E-state index in [-0.39, 0.29) is 35.7 Å². The summed E-state index contributed by atoms with van der Waals surface area (Å²) < 4.78 is 13.5. The van der Waals surface area contributed by atoms with E-state index in [1.807, 2.05) is 18.7 Å².